The molecule has 0 radical (unpaired) electrons. The largest absolute Gasteiger partial charge is 0.497 e. The standard InChI is InChI=1S/C18H24N4O4S/c1-14-19-17(13-20(14)2)27(24,25)22-9-5-8-21(10-11-22)18(23)15-6-4-7-16(12-15)26-3/h4,6-7,12-13H,5,8-11H2,1-3H3. The molecule has 1 aromatic carbocycles. The predicted octanol–water partition coefficient (Wildman–Crippen LogP) is 1.27. The molecule has 0 aliphatic carbocycles. The number of nitrogens with zero attached hydrogens (tertiary/aromatic N) is 4. The lowest BCUT2D eigenvalue weighted by Crippen LogP contribution is -2.37. The SMILES string of the molecule is COc1cccc(C(=O)N2CCCN(S(=O)(=O)c3cn(C)c(C)n3)CC2)c1. The molecule has 1 aliphatic rings. The van der Waals surface area contributed by atoms with Crippen molar-refractivity contribution >= 4 is 15.9 Å². The first-order chi connectivity index (χ1) is 12.8. The second-order valence-electron chi connectivity index (χ2n) is 6.52. The Morgan fingerprint density at radius 2 is 1.96 bits per heavy atom. The van der Waals surface area contributed by atoms with E-state index in [1.807, 2.05) is 0 Å². The van der Waals surface area contributed by atoms with Gasteiger partial charge >= 0.3 is 0 Å². The summed E-state index contributed by atoms with van der Waals surface area (Å²) >= 11 is 0. The number of benzene rings is 1. The Labute approximate surface area is 159 Å². The fourth-order valence-electron chi connectivity index (χ4n) is 3.06. The number of hydrogen-bond donors (Lipinski definition) is 0. The van der Waals surface area contributed by atoms with Crippen LogP contribution in [0.2, 0.25) is 0 Å². The third-order valence-corrected chi connectivity index (χ3v) is 6.52. The topological polar surface area (TPSA) is 84.7 Å². The molecule has 3 rings (SSSR count). The Morgan fingerprint density at radius 3 is 2.63 bits per heavy atom. The Bertz CT molecular complexity index is 919. The molecule has 0 spiro atoms. The fraction of sp³-hybridized carbons (Fsp3) is 0.444. The highest BCUT2D eigenvalue weighted by molar-refractivity contribution is 7.89. The van der Waals surface area contributed by atoms with Crippen LogP contribution in [0.25, 0.3) is 0 Å². The van der Waals surface area contributed by atoms with Crippen LogP contribution in [0.15, 0.2) is 35.5 Å². The molecule has 146 valence electrons. The van der Waals surface area contributed by atoms with Gasteiger partial charge in [-0.2, -0.15) is 4.31 Å². The molecule has 1 amide bonds. The Hall–Kier alpha value is -2.39. The van der Waals surface area contributed by atoms with E-state index in [2.05, 4.69) is 4.98 Å². The summed E-state index contributed by atoms with van der Waals surface area (Å²) in [6.07, 6.45) is 2.09. The van der Waals surface area contributed by atoms with Gasteiger partial charge in [-0.1, -0.05) is 6.07 Å². The van der Waals surface area contributed by atoms with Gasteiger partial charge < -0.3 is 14.2 Å². The third-order valence-electron chi connectivity index (χ3n) is 4.75. The highest BCUT2D eigenvalue weighted by Crippen LogP contribution is 2.19. The van der Waals surface area contributed by atoms with Crippen LogP contribution >= 0.6 is 0 Å². The molecule has 1 saturated heterocycles. The van der Waals surface area contributed by atoms with Crippen molar-refractivity contribution in [3.05, 3.63) is 41.9 Å². The van der Waals surface area contributed by atoms with E-state index in [-0.39, 0.29) is 17.5 Å². The summed E-state index contributed by atoms with van der Waals surface area (Å²) in [5, 5.41) is 0.0510. The molecular formula is C18H24N4O4S. The molecule has 27 heavy (non-hydrogen) atoms. The number of hydrogen-bond acceptors (Lipinski definition) is 5. The summed E-state index contributed by atoms with van der Waals surface area (Å²) in [4.78, 5) is 18.6. The summed E-state index contributed by atoms with van der Waals surface area (Å²) in [7, 11) is -0.353. The quantitative estimate of drug-likeness (QED) is 0.782. The van der Waals surface area contributed by atoms with E-state index in [0.29, 0.717) is 43.2 Å². The minimum Gasteiger partial charge on any atom is -0.497 e. The zero-order valence-electron chi connectivity index (χ0n) is 15.8. The van der Waals surface area contributed by atoms with Crippen LogP contribution in [0.4, 0.5) is 0 Å². The number of imidazole rings is 1. The van der Waals surface area contributed by atoms with E-state index < -0.39 is 10.0 Å². The van der Waals surface area contributed by atoms with Crippen LogP contribution in [0.3, 0.4) is 0 Å². The van der Waals surface area contributed by atoms with Crippen LogP contribution in [0.5, 0.6) is 5.75 Å². The molecule has 2 aromatic rings. The maximum Gasteiger partial charge on any atom is 0.262 e. The number of ether oxygens (including phenoxy) is 1. The average molecular weight is 392 g/mol. The van der Waals surface area contributed by atoms with Gasteiger partial charge in [-0.15, -0.1) is 0 Å². The van der Waals surface area contributed by atoms with Crippen LogP contribution in [-0.2, 0) is 17.1 Å². The first-order valence-electron chi connectivity index (χ1n) is 8.76. The number of methoxy groups -OCH3 is 1. The predicted molar refractivity (Wildman–Crippen MR) is 100 cm³/mol. The van der Waals surface area contributed by atoms with E-state index in [9.17, 15) is 13.2 Å². The smallest absolute Gasteiger partial charge is 0.262 e. The summed E-state index contributed by atoms with van der Waals surface area (Å²) in [6.45, 7) is 3.20. The second-order valence-corrected chi connectivity index (χ2v) is 8.40. The van der Waals surface area contributed by atoms with Crippen molar-refractivity contribution in [3.8, 4) is 5.75 Å². The normalized spacial score (nSPS) is 16.2. The first-order valence-corrected chi connectivity index (χ1v) is 10.2. The number of amides is 1. The Kier molecular flexibility index (Phi) is 5.52. The number of carbonyl (C=O) groups is 1. The molecule has 0 bridgehead atoms. The molecule has 1 aliphatic heterocycles. The van der Waals surface area contributed by atoms with Gasteiger partial charge in [0, 0.05) is 45.0 Å². The van der Waals surface area contributed by atoms with E-state index in [1.54, 1.807) is 54.8 Å². The van der Waals surface area contributed by atoms with Crippen molar-refractivity contribution in [2.75, 3.05) is 33.3 Å². The average Bonchev–Trinajstić information content (AvgIpc) is 2.88. The van der Waals surface area contributed by atoms with Gasteiger partial charge in [0.05, 0.1) is 7.11 Å². The lowest BCUT2D eigenvalue weighted by molar-refractivity contribution is 0.0764. The minimum absolute atomic E-state index is 0.0510. The van der Waals surface area contributed by atoms with Crippen LogP contribution in [0, 0.1) is 6.92 Å². The zero-order chi connectivity index (χ0) is 19.6. The zero-order valence-corrected chi connectivity index (χ0v) is 16.6. The summed E-state index contributed by atoms with van der Waals surface area (Å²) < 4.78 is 34.0. The molecule has 9 heteroatoms. The van der Waals surface area contributed by atoms with Gasteiger partial charge in [0.15, 0.2) is 5.03 Å². The van der Waals surface area contributed by atoms with Crippen molar-refractivity contribution in [2.24, 2.45) is 7.05 Å². The van der Waals surface area contributed by atoms with Crippen molar-refractivity contribution in [2.45, 2.75) is 18.4 Å². The van der Waals surface area contributed by atoms with Crippen molar-refractivity contribution < 1.29 is 17.9 Å². The van der Waals surface area contributed by atoms with E-state index in [0.717, 1.165) is 0 Å². The van der Waals surface area contributed by atoms with E-state index in [4.69, 9.17) is 4.74 Å². The highest BCUT2D eigenvalue weighted by Gasteiger charge is 2.30. The lowest BCUT2D eigenvalue weighted by atomic mass is 10.2. The van der Waals surface area contributed by atoms with Gasteiger partial charge in [-0.05, 0) is 31.5 Å². The number of sulfonamides is 1. The highest BCUT2D eigenvalue weighted by atomic mass is 32.2. The van der Waals surface area contributed by atoms with Gasteiger partial charge in [0.1, 0.15) is 11.6 Å². The van der Waals surface area contributed by atoms with Gasteiger partial charge in [0.2, 0.25) is 0 Å². The van der Waals surface area contributed by atoms with Crippen LogP contribution < -0.4 is 4.74 Å². The maximum atomic E-state index is 12.9. The molecule has 8 nitrogen and oxygen atoms in total. The summed E-state index contributed by atoms with van der Waals surface area (Å²) in [6, 6.07) is 6.98. The molecule has 0 N–H and O–H groups in total. The van der Waals surface area contributed by atoms with Crippen molar-refractivity contribution in [1.82, 2.24) is 18.8 Å². The fourth-order valence-corrected chi connectivity index (χ4v) is 4.55. The number of aryl methyl sites for hydroxylation is 2. The lowest BCUT2D eigenvalue weighted by Gasteiger charge is -2.21. The van der Waals surface area contributed by atoms with Crippen LogP contribution in [-0.4, -0.2) is 66.4 Å². The van der Waals surface area contributed by atoms with Crippen molar-refractivity contribution in [3.63, 3.8) is 0 Å². The molecule has 1 aromatic heterocycles. The van der Waals surface area contributed by atoms with Gasteiger partial charge in [-0.3, -0.25) is 4.79 Å². The molecule has 0 unspecified atom stereocenters. The Balaban J connectivity index is 1.74. The monoisotopic (exact) mass is 392 g/mol. The summed E-state index contributed by atoms with van der Waals surface area (Å²) in [5.74, 6) is 1.13. The molecule has 2 heterocycles. The molecule has 0 atom stereocenters. The number of rotatable bonds is 4. The van der Waals surface area contributed by atoms with E-state index in [1.165, 1.54) is 10.5 Å². The molecular weight excluding hydrogens is 368 g/mol. The number of carbonyl (C=O) groups excluding carboxylic acids is 1. The molecule has 0 saturated carbocycles. The first kappa shape index (κ1) is 19.4. The van der Waals surface area contributed by atoms with Gasteiger partial charge in [-0.25, -0.2) is 13.4 Å². The molecule has 1 fully saturated rings. The minimum atomic E-state index is -3.67. The second kappa shape index (κ2) is 7.69. The Morgan fingerprint density at radius 1 is 1.19 bits per heavy atom. The van der Waals surface area contributed by atoms with Crippen LogP contribution in [0.1, 0.15) is 22.6 Å². The summed E-state index contributed by atoms with van der Waals surface area (Å²) in [5.41, 5.74) is 0.533. The maximum absolute atomic E-state index is 12.9. The van der Waals surface area contributed by atoms with Crippen molar-refractivity contribution in [1.29, 1.82) is 0 Å². The van der Waals surface area contributed by atoms with E-state index >= 15 is 0 Å². The number of aromatic nitrogens is 2. The van der Waals surface area contributed by atoms with Gasteiger partial charge in [0.25, 0.3) is 15.9 Å². The third kappa shape index (κ3) is 3.98.